The summed E-state index contributed by atoms with van der Waals surface area (Å²) in [5.74, 6) is -1.08. The van der Waals surface area contributed by atoms with E-state index in [1.54, 1.807) is 53.7 Å². The first-order chi connectivity index (χ1) is 19.9. The van der Waals surface area contributed by atoms with Crippen molar-refractivity contribution in [2.45, 2.75) is 77.7 Å². The lowest BCUT2D eigenvalue weighted by Gasteiger charge is -2.27. The molecule has 13 nitrogen and oxygen atoms in total. The number of nitrogens with two attached hydrogens (primary N) is 2. The number of phenols is 2. The molecule has 2 aromatic carbocycles. The van der Waals surface area contributed by atoms with Gasteiger partial charge in [-0.05, 0) is 71.8 Å². The third kappa shape index (κ3) is 8.74. The highest BCUT2D eigenvalue weighted by Crippen LogP contribution is 2.37. The van der Waals surface area contributed by atoms with Crippen molar-refractivity contribution in [1.82, 2.24) is 0 Å². The zero-order valence-corrected chi connectivity index (χ0v) is 25.8. The Hall–Kier alpha value is -4.52. The zero-order valence-electron chi connectivity index (χ0n) is 25.8. The molecule has 2 heterocycles. The van der Waals surface area contributed by atoms with E-state index in [0.29, 0.717) is 24.2 Å². The van der Waals surface area contributed by atoms with Gasteiger partial charge in [0.1, 0.15) is 34.8 Å². The number of ether oxygens (including phenoxy) is 3. The summed E-state index contributed by atoms with van der Waals surface area (Å²) in [7, 11) is 2.77. The summed E-state index contributed by atoms with van der Waals surface area (Å²) in [4.78, 5) is 50.6. The van der Waals surface area contributed by atoms with Crippen LogP contribution in [0.15, 0.2) is 36.4 Å². The highest BCUT2D eigenvalue weighted by atomic mass is 16.6. The molecule has 6 N–H and O–H groups in total. The number of phenolic OH excluding ortho intramolecular Hbond substituents is 2. The van der Waals surface area contributed by atoms with Crippen LogP contribution in [-0.4, -0.2) is 71.7 Å². The summed E-state index contributed by atoms with van der Waals surface area (Å²) in [5.41, 5.74) is 11.0. The number of carbonyl (C=O) groups is 4. The molecule has 2 aliphatic rings. The molecule has 0 saturated heterocycles. The van der Waals surface area contributed by atoms with Gasteiger partial charge in [-0.3, -0.25) is 14.6 Å². The topological polar surface area (TPSA) is 195 Å². The van der Waals surface area contributed by atoms with Crippen LogP contribution in [0.2, 0.25) is 0 Å². The first-order valence-electron chi connectivity index (χ1n) is 13.5. The van der Waals surface area contributed by atoms with E-state index in [4.69, 9.17) is 19.9 Å². The van der Waals surface area contributed by atoms with E-state index in [9.17, 15) is 29.4 Å². The van der Waals surface area contributed by atoms with Gasteiger partial charge in [0, 0.05) is 25.0 Å². The number of carbonyl (C=O) groups excluding carboxylic acids is 4. The molecule has 2 aromatic rings. The second kappa shape index (κ2) is 13.6. The molecule has 0 spiro atoms. The van der Waals surface area contributed by atoms with Crippen molar-refractivity contribution >= 4 is 35.4 Å². The summed E-state index contributed by atoms with van der Waals surface area (Å²) < 4.78 is 15.4. The first-order valence-corrected chi connectivity index (χ1v) is 13.5. The minimum atomic E-state index is -0.790. The summed E-state index contributed by atoms with van der Waals surface area (Å²) in [5, 5.41) is 19.2. The van der Waals surface area contributed by atoms with Crippen LogP contribution in [0.25, 0.3) is 0 Å². The maximum absolute atomic E-state index is 12.4. The van der Waals surface area contributed by atoms with E-state index in [0.717, 1.165) is 11.1 Å². The van der Waals surface area contributed by atoms with Crippen LogP contribution in [0.5, 0.6) is 11.5 Å². The fourth-order valence-electron chi connectivity index (χ4n) is 4.46. The summed E-state index contributed by atoms with van der Waals surface area (Å²) in [6.45, 7) is 10.5. The summed E-state index contributed by atoms with van der Waals surface area (Å²) in [6, 6.07) is 7.70. The number of fused-ring (bicyclic) bond motifs is 2. The zero-order chi connectivity index (χ0) is 32.9. The van der Waals surface area contributed by atoms with Crippen molar-refractivity contribution in [3.63, 3.8) is 0 Å². The van der Waals surface area contributed by atoms with Gasteiger partial charge in [0.25, 0.3) is 0 Å². The van der Waals surface area contributed by atoms with Crippen molar-refractivity contribution in [2.75, 3.05) is 24.0 Å². The Morgan fingerprint density at radius 1 is 0.744 bits per heavy atom. The summed E-state index contributed by atoms with van der Waals surface area (Å²) in [6.07, 6.45) is -0.626. The van der Waals surface area contributed by atoms with Crippen LogP contribution >= 0.6 is 0 Å². The van der Waals surface area contributed by atoms with Crippen LogP contribution in [0, 0.1) is 0 Å². The fraction of sp³-hybridized carbons (Fsp3) is 0.467. The minimum absolute atomic E-state index is 0.0161. The maximum Gasteiger partial charge on any atom is 0.415 e. The Labute approximate surface area is 251 Å². The molecule has 0 radical (unpaired) electrons. The number of amides is 3. The Kier molecular flexibility index (Phi) is 11.0. The second-order valence-corrected chi connectivity index (χ2v) is 11.7. The average molecular weight is 603 g/mol. The lowest BCUT2D eigenvalue weighted by atomic mass is 10.1. The molecular weight excluding hydrogens is 560 g/mol. The maximum atomic E-state index is 12.4. The third-order valence-corrected chi connectivity index (χ3v) is 6.09. The van der Waals surface area contributed by atoms with E-state index < -0.39 is 47.3 Å². The molecule has 236 valence electrons. The van der Waals surface area contributed by atoms with E-state index in [2.05, 4.69) is 5.73 Å². The SMILES string of the molecule is CC(C)(C)OC(=O)N1c2cc(O)ccc2C[C@H]1C(N)=O.CN.COC(=O)[C@@H]1Cc2ccc(O)cc2N1C(=O)OC(C)(C)C. The molecule has 13 heteroatoms. The van der Waals surface area contributed by atoms with E-state index in [1.165, 1.54) is 48.2 Å². The van der Waals surface area contributed by atoms with E-state index >= 15 is 0 Å². The van der Waals surface area contributed by atoms with Gasteiger partial charge in [0.2, 0.25) is 5.91 Å². The molecular formula is C30H42N4O9. The molecule has 43 heavy (non-hydrogen) atoms. The van der Waals surface area contributed by atoms with Gasteiger partial charge in [-0.15, -0.1) is 0 Å². The van der Waals surface area contributed by atoms with Crippen molar-refractivity contribution in [3.8, 4) is 11.5 Å². The Morgan fingerprint density at radius 2 is 1.12 bits per heavy atom. The molecule has 3 amide bonds. The highest BCUT2D eigenvalue weighted by Gasteiger charge is 2.42. The Bertz CT molecular complexity index is 1350. The number of hydrogen-bond acceptors (Lipinski definition) is 10. The molecule has 4 rings (SSSR count). The van der Waals surface area contributed by atoms with E-state index in [1.807, 2.05) is 0 Å². The number of hydrogen-bond donors (Lipinski definition) is 4. The lowest BCUT2D eigenvalue weighted by molar-refractivity contribution is -0.142. The standard InChI is InChI=1S/C15H19NO5.C14H18N2O4.CH5N/c1-15(2,3)21-14(19)16-11-8-10(17)6-5-9(11)7-12(16)13(18)20-4;1-14(2,3)20-13(19)16-10-7-9(17)5-4-8(10)6-11(16)12(15)18;1-2/h5-6,8,12,17H,7H2,1-4H3;4-5,7,11,17H,6H2,1-3H3,(H2,15,18);2H2,1H3/t12-;11-;/m00./s1. The lowest BCUT2D eigenvalue weighted by Crippen LogP contribution is -2.47. The van der Waals surface area contributed by atoms with Gasteiger partial charge in [-0.1, -0.05) is 12.1 Å². The van der Waals surface area contributed by atoms with Crippen LogP contribution in [0.1, 0.15) is 52.7 Å². The molecule has 2 aliphatic heterocycles. The predicted molar refractivity (Wildman–Crippen MR) is 160 cm³/mol. The monoisotopic (exact) mass is 602 g/mol. The number of methoxy groups -OCH3 is 1. The van der Waals surface area contributed by atoms with Crippen LogP contribution in [-0.2, 0) is 36.6 Å². The molecule has 0 fully saturated rings. The molecule has 0 bridgehead atoms. The van der Waals surface area contributed by atoms with Gasteiger partial charge in [-0.2, -0.15) is 0 Å². The summed E-state index contributed by atoms with van der Waals surface area (Å²) >= 11 is 0. The molecule has 0 saturated carbocycles. The Morgan fingerprint density at radius 3 is 1.47 bits per heavy atom. The second-order valence-electron chi connectivity index (χ2n) is 11.7. The highest BCUT2D eigenvalue weighted by molar-refractivity contribution is 6.01. The van der Waals surface area contributed by atoms with Gasteiger partial charge in [-0.25, -0.2) is 14.4 Å². The van der Waals surface area contributed by atoms with Crippen LogP contribution in [0.4, 0.5) is 21.0 Å². The minimum Gasteiger partial charge on any atom is -0.508 e. The smallest absolute Gasteiger partial charge is 0.415 e. The van der Waals surface area contributed by atoms with E-state index in [-0.39, 0.29) is 11.5 Å². The molecule has 2 atom stereocenters. The number of rotatable bonds is 2. The van der Waals surface area contributed by atoms with Crippen LogP contribution < -0.4 is 21.3 Å². The van der Waals surface area contributed by atoms with Gasteiger partial charge in [0.05, 0.1) is 18.5 Å². The van der Waals surface area contributed by atoms with Gasteiger partial charge in [0.15, 0.2) is 0 Å². The van der Waals surface area contributed by atoms with Crippen molar-refractivity contribution in [2.24, 2.45) is 11.5 Å². The first kappa shape index (κ1) is 34.7. The molecule has 0 unspecified atom stereocenters. The number of primary amides is 1. The number of anilines is 2. The fourth-order valence-corrected chi connectivity index (χ4v) is 4.46. The van der Waals surface area contributed by atoms with Crippen LogP contribution in [0.3, 0.4) is 0 Å². The average Bonchev–Trinajstić information content (AvgIpc) is 3.46. The number of aromatic hydroxyl groups is 2. The third-order valence-electron chi connectivity index (χ3n) is 6.09. The Balaban J connectivity index is 0.000000284. The van der Waals surface area contributed by atoms with Crippen molar-refractivity contribution in [1.29, 1.82) is 0 Å². The van der Waals surface area contributed by atoms with Crippen molar-refractivity contribution in [3.05, 3.63) is 47.5 Å². The molecule has 0 aliphatic carbocycles. The largest absolute Gasteiger partial charge is 0.508 e. The normalized spacial score (nSPS) is 16.9. The van der Waals surface area contributed by atoms with Gasteiger partial charge >= 0.3 is 18.2 Å². The predicted octanol–water partition coefficient (Wildman–Crippen LogP) is 3.35. The number of esters is 1. The molecule has 0 aromatic heterocycles. The number of benzene rings is 2. The number of nitrogens with zero attached hydrogens (tertiary/aromatic N) is 2. The quantitative estimate of drug-likeness (QED) is 0.292. The van der Waals surface area contributed by atoms with Crippen molar-refractivity contribution < 1.29 is 43.6 Å². The van der Waals surface area contributed by atoms with Gasteiger partial charge < -0.3 is 35.9 Å².